The standard InChI is InChI=1S/C16H21N3/c1-2-19-9-6-15(7-10-19)18-16-4-3-14-12-17-8-5-13(14)11-16/h3-5,8,11-12,15,18H,2,6-7,9-10H2,1H3. The predicted molar refractivity (Wildman–Crippen MR) is 80.5 cm³/mol. The average molecular weight is 255 g/mol. The molecule has 0 saturated carbocycles. The lowest BCUT2D eigenvalue weighted by Crippen LogP contribution is -2.38. The minimum absolute atomic E-state index is 0.613. The molecule has 0 unspecified atom stereocenters. The molecule has 3 rings (SSSR count). The van der Waals surface area contributed by atoms with Crippen molar-refractivity contribution in [3.05, 3.63) is 36.7 Å². The molecule has 100 valence electrons. The molecule has 0 bridgehead atoms. The zero-order valence-electron chi connectivity index (χ0n) is 11.5. The van der Waals surface area contributed by atoms with Gasteiger partial charge in [0.15, 0.2) is 0 Å². The maximum absolute atomic E-state index is 4.15. The van der Waals surface area contributed by atoms with E-state index in [0.717, 1.165) is 0 Å². The Balaban J connectivity index is 1.68. The highest BCUT2D eigenvalue weighted by molar-refractivity contribution is 5.84. The Morgan fingerprint density at radius 2 is 2.05 bits per heavy atom. The average Bonchev–Trinajstić information content (AvgIpc) is 2.48. The zero-order valence-corrected chi connectivity index (χ0v) is 11.5. The van der Waals surface area contributed by atoms with Crippen LogP contribution < -0.4 is 5.32 Å². The van der Waals surface area contributed by atoms with Crippen LogP contribution in [0.1, 0.15) is 19.8 Å². The van der Waals surface area contributed by atoms with Crippen LogP contribution in [0.15, 0.2) is 36.7 Å². The molecule has 2 aromatic rings. The van der Waals surface area contributed by atoms with Crippen molar-refractivity contribution in [1.29, 1.82) is 0 Å². The number of fused-ring (bicyclic) bond motifs is 1. The summed E-state index contributed by atoms with van der Waals surface area (Å²) in [7, 11) is 0. The molecule has 1 aromatic heterocycles. The fraction of sp³-hybridized carbons (Fsp3) is 0.438. The van der Waals surface area contributed by atoms with E-state index >= 15 is 0 Å². The van der Waals surface area contributed by atoms with E-state index in [1.54, 1.807) is 0 Å². The van der Waals surface area contributed by atoms with Gasteiger partial charge in [-0.2, -0.15) is 0 Å². The van der Waals surface area contributed by atoms with Crippen LogP contribution in [0.3, 0.4) is 0 Å². The van der Waals surface area contributed by atoms with Gasteiger partial charge in [-0.1, -0.05) is 13.0 Å². The smallest absolute Gasteiger partial charge is 0.0348 e. The topological polar surface area (TPSA) is 28.2 Å². The first kappa shape index (κ1) is 12.4. The number of piperidine rings is 1. The molecule has 0 amide bonds. The molecular formula is C16H21N3. The summed E-state index contributed by atoms with van der Waals surface area (Å²) in [5.74, 6) is 0. The van der Waals surface area contributed by atoms with Crippen LogP contribution in [0.5, 0.6) is 0 Å². The van der Waals surface area contributed by atoms with Gasteiger partial charge in [0.25, 0.3) is 0 Å². The Labute approximate surface area is 114 Å². The highest BCUT2D eigenvalue weighted by atomic mass is 15.1. The Hall–Kier alpha value is -1.61. The third-order valence-corrected chi connectivity index (χ3v) is 4.05. The van der Waals surface area contributed by atoms with Gasteiger partial charge in [0, 0.05) is 42.6 Å². The van der Waals surface area contributed by atoms with Gasteiger partial charge in [0.2, 0.25) is 0 Å². The molecule has 0 aliphatic carbocycles. The van der Waals surface area contributed by atoms with Crippen molar-refractivity contribution >= 4 is 16.5 Å². The third-order valence-electron chi connectivity index (χ3n) is 4.05. The van der Waals surface area contributed by atoms with Crippen molar-refractivity contribution in [3.8, 4) is 0 Å². The second-order valence-corrected chi connectivity index (χ2v) is 5.29. The summed E-state index contributed by atoms with van der Waals surface area (Å²) in [5.41, 5.74) is 1.23. The van der Waals surface area contributed by atoms with Crippen molar-refractivity contribution in [2.45, 2.75) is 25.8 Å². The number of hydrogen-bond donors (Lipinski definition) is 1. The van der Waals surface area contributed by atoms with E-state index in [4.69, 9.17) is 0 Å². The van der Waals surface area contributed by atoms with Crippen LogP contribution in [-0.2, 0) is 0 Å². The van der Waals surface area contributed by atoms with Gasteiger partial charge >= 0.3 is 0 Å². The number of aromatic nitrogens is 1. The maximum Gasteiger partial charge on any atom is 0.0348 e. The third kappa shape index (κ3) is 2.87. The van der Waals surface area contributed by atoms with Gasteiger partial charge in [-0.3, -0.25) is 4.98 Å². The van der Waals surface area contributed by atoms with Crippen LogP contribution in [0.4, 0.5) is 5.69 Å². The quantitative estimate of drug-likeness (QED) is 0.913. The van der Waals surface area contributed by atoms with E-state index in [1.807, 2.05) is 12.4 Å². The molecule has 0 spiro atoms. The number of likely N-dealkylation sites (tertiary alicyclic amines) is 1. The summed E-state index contributed by atoms with van der Waals surface area (Å²) in [6.07, 6.45) is 6.25. The molecule has 1 aliphatic heterocycles. The highest BCUT2D eigenvalue weighted by Crippen LogP contribution is 2.21. The zero-order chi connectivity index (χ0) is 13.1. The van der Waals surface area contributed by atoms with Gasteiger partial charge in [0.1, 0.15) is 0 Å². The van der Waals surface area contributed by atoms with Crippen molar-refractivity contribution < 1.29 is 0 Å². The number of nitrogens with one attached hydrogen (secondary N) is 1. The molecule has 1 saturated heterocycles. The lowest BCUT2D eigenvalue weighted by atomic mass is 10.0. The van der Waals surface area contributed by atoms with E-state index in [1.165, 1.54) is 48.9 Å². The molecule has 1 aromatic carbocycles. The Morgan fingerprint density at radius 1 is 1.21 bits per heavy atom. The summed E-state index contributed by atoms with van der Waals surface area (Å²) in [4.78, 5) is 6.67. The fourth-order valence-electron chi connectivity index (χ4n) is 2.80. The molecule has 1 fully saturated rings. The van der Waals surface area contributed by atoms with Crippen molar-refractivity contribution in [2.75, 3.05) is 25.0 Å². The molecule has 2 heterocycles. The van der Waals surface area contributed by atoms with Crippen LogP contribution >= 0.6 is 0 Å². The number of benzene rings is 1. The Bertz CT molecular complexity index is 544. The largest absolute Gasteiger partial charge is 0.382 e. The molecule has 0 radical (unpaired) electrons. The summed E-state index contributed by atoms with van der Waals surface area (Å²) < 4.78 is 0. The first-order valence-electron chi connectivity index (χ1n) is 7.18. The van der Waals surface area contributed by atoms with Gasteiger partial charge in [-0.05, 0) is 43.0 Å². The number of rotatable bonds is 3. The fourth-order valence-corrected chi connectivity index (χ4v) is 2.80. The monoisotopic (exact) mass is 255 g/mol. The van der Waals surface area contributed by atoms with Gasteiger partial charge < -0.3 is 10.2 Å². The van der Waals surface area contributed by atoms with Crippen molar-refractivity contribution in [3.63, 3.8) is 0 Å². The lowest BCUT2D eigenvalue weighted by molar-refractivity contribution is 0.229. The summed E-state index contributed by atoms with van der Waals surface area (Å²) >= 11 is 0. The lowest BCUT2D eigenvalue weighted by Gasteiger charge is -2.32. The molecule has 1 N–H and O–H groups in total. The molecule has 19 heavy (non-hydrogen) atoms. The molecule has 0 atom stereocenters. The van der Waals surface area contributed by atoms with Crippen molar-refractivity contribution in [1.82, 2.24) is 9.88 Å². The first-order valence-corrected chi connectivity index (χ1v) is 7.18. The van der Waals surface area contributed by atoms with Crippen LogP contribution in [0, 0.1) is 0 Å². The number of anilines is 1. The predicted octanol–water partition coefficient (Wildman–Crippen LogP) is 3.13. The SMILES string of the molecule is CCN1CCC(Nc2ccc3cnccc3c2)CC1. The van der Waals surface area contributed by atoms with E-state index < -0.39 is 0 Å². The number of pyridine rings is 1. The van der Waals surface area contributed by atoms with Gasteiger partial charge in [0.05, 0.1) is 0 Å². The van der Waals surface area contributed by atoms with E-state index in [-0.39, 0.29) is 0 Å². The summed E-state index contributed by atoms with van der Waals surface area (Å²) in [5, 5.41) is 6.13. The molecule has 3 nitrogen and oxygen atoms in total. The molecular weight excluding hydrogens is 234 g/mol. The van der Waals surface area contributed by atoms with Gasteiger partial charge in [-0.25, -0.2) is 0 Å². The second kappa shape index (κ2) is 5.57. The summed E-state index contributed by atoms with van der Waals surface area (Å²) in [6, 6.07) is 9.22. The Morgan fingerprint density at radius 3 is 2.84 bits per heavy atom. The first-order chi connectivity index (χ1) is 9.35. The maximum atomic E-state index is 4.15. The van der Waals surface area contributed by atoms with Gasteiger partial charge in [-0.15, -0.1) is 0 Å². The molecule has 1 aliphatic rings. The molecule has 3 heteroatoms. The van der Waals surface area contributed by atoms with E-state index in [2.05, 4.69) is 46.4 Å². The minimum Gasteiger partial charge on any atom is -0.382 e. The summed E-state index contributed by atoms with van der Waals surface area (Å²) in [6.45, 7) is 5.85. The number of hydrogen-bond acceptors (Lipinski definition) is 3. The van der Waals surface area contributed by atoms with E-state index in [9.17, 15) is 0 Å². The van der Waals surface area contributed by atoms with Crippen LogP contribution in [0.2, 0.25) is 0 Å². The van der Waals surface area contributed by atoms with Crippen LogP contribution in [-0.4, -0.2) is 35.6 Å². The van der Waals surface area contributed by atoms with Crippen LogP contribution in [0.25, 0.3) is 10.8 Å². The highest BCUT2D eigenvalue weighted by Gasteiger charge is 2.17. The minimum atomic E-state index is 0.613. The second-order valence-electron chi connectivity index (χ2n) is 5.29. The Kier molecular flexibility index (Phi) is 3.65. The normalized spacial score (nSPS) is 17.7. The van der Waals surface area contributed by atoms with E-state index in [0.29, 0.717) is 6.04 Å². The number of nitrogens with zero attached hydrogens (tertiary/aromatic N) is 2. The van der Waals surface area contributed by atoms with Crippen molar-refractivity contribution in [2.24, 2.45) is 0 Å².